The van der Waals surface area contributed by atoms with Gasteiger partial charge < -0.3 is 10.6 Å². The number of carbonyl (C=O) groups excluding carboxylic acids is 1. The van der Waals surface area contributed by atoms with Crippen LogP contribution in [0.25, 0.3) is 0 Å². The van der Waals surface area contributed by atoms with Gasteiger partial charge in [0, 0.05) is 31.4 Å². The third-order valence-electron chi connectivity index (χ3n) is 4.34. The van der Waals surface area contributed by atoms with Gasteiger partial charge in [-0.15, -0.1) is 10.2 Å². The summed E-state index contributed by atoms with van der Waals surface area (Å²) in [5, 5.41) is 13.9. The van der Waals surface area contributed by atoms with E-state index in [1.807, 2.05) is 12.4 Å². The van der Waals surface area contributed by atoms with Gasteiger partial charge in [0.15, 0.2) is 5.69 Å². The van der Waals surface area contributed by atoms with Gasteiger partial charge in [-0.1, -0.05) is 6.42 Å². The average Bonchev–Trinajstić information content (AvgIpc) is 2.55. The van der Waals surface area contributed by atoms with Crippen LogP contribution in [0.2, 0.25) is 0 Å². The van der Waals surface area contributed by atoms with Crippen LogP contribution >= 0.6 is 0 Å². The molecule has 2 aromatic rings. The Morgan fingerprint density at radius 1 is 1.18 bits per heavy atom. The molecule has 0 aliphatic heterocycles. The first-order chi connectivity index (χ1) is 10.7. The quantitative estimate of drug-likeness (QED) is 0.879. The van der Waals surface area contributed by atoms with Crippen molar-refractivity contribution in [3.63, 3.8) is 0 Å². The highest BCUT2D eigenvalue weighted by atomic mass is 16.1. The van der Waals surface area contributed by atoms with Crippen LogP contribution in [0, 0.1) is 0 Å². The summed E-state index contributed by atoms with van der Waals surface area (Å²) in [6, 6.07) is 7.63. The van der Waals surface area contributed by atoms with E-state index in [9.17, 15) is 4.79 Å². The zero-order valence-electron chi connectivity index (χ0n) is 12.5. The van der Waals surface area contributed by atoms with Gasteiger partial charge in [0.2, 0.25) is 0 Å². The SMILES string of the molecule is CNC(=O)c1ccc(NCC2(c3ccncc3)CCC2)nn1. The monoisotopic (exact) mass is 297 g/mol. The van der Waals surface area contributed by atoms with Gasteiger partial charge in [0.05, 0.1) is 0 Å². The fourth-order valence-corrected chi connectivity index (χ4v) is 2.81. The highest BCUT2D eigenvalue weighted by Crippen LogP contribution is 2.43. The van der Waals surface area contributed by atoms with Gasteiger partial charge in [-0.05, 0) is 42.7 Å². The molecule has 114 valence electrons. The molecule has 0 saturated heterocycles. The van der Waals surface area contributed by atoms with Crippen molar-refractivity contribution in [3.05, 3.63) is 47.9 Å². The van der Waals surface area contributed by atoms with E-state index in [4.69, 9.17) is 0 Å². The van der Waals surface area contributed by atoms with Crippen LogP contribution in [0.4, 0.5) is 5.82 Å². The third-order valence-corrected chi connectivity index (χ3v) is 4.34. The van der Waals surface area contributed by atoms with E-state index in [2.05, 4.69) is 37.9 Å². The molecule has 6 nitrogen and oxygen atoms in total. The molecule has 1 aliphatic carbocycles. The maximum Gasteiger partial charge on any atom is 0.271 e. The maximum absolute atomic E-state index is 11.4. The summed E-state index contributed by atoms with van der Waals surface area (Å²) in [5.41, 5.74) is 1.79. The number of pyridine rings is 1. The van der Waals surface area contributed by atoms with E-state index in [-0.39, 0.29) is 11.3 Å². The third kappa shape index (κ3) is 2.77. The molecule has 0 radical (unpaired) electrons. The second kappa shape index (κ2) is 6.09. The summed E-state index contributed by atoms with van der Waals surface area (Å²) in [5.74, 6) is 0.458. The summed E-state index contributed by atoms with van der Waals surface area (Å²) in [4.78, 5) is 15.5. The molecule has 1 aliphatic rings. The van der Waals surface area contributed by atoms with Gasteiger partial charge in [-0.2, -0.15) is 0 Å². The van der Waals surface area contributed by atoms with Gasteiger partial charge in [0.25, 0.3) is 5.91 Å². The fourth-order valence-electron chi connectivity index (χ4n) is 2.81. The lowest BCUT2D eigenvalue weighted by Gasteiger charge is -2.42. The number of amides is 1. The predicted molar refractivity (Wildman–Crippen MR) is 83.7 cm³/mol. The number of anilines is 1. The minimum absolute atomic E-state index is 0.157. The lowest BCUT2D eigenvalue weighted by molar-refractivity contribution is 0.0957. The Labute approximate surface area is 129 Å². The molecule has 6 heteroatoms. The Morgan fingerprint density at radius 2 is 1.95 bits per heavy atom. The van der Waals surface area contributed by atoms with E-state index in [0.29, 0.717) is 11.5 Å². The molecule has 22 heavy (non-hydrogen) atoms. The van der Waals surface area contributed by atoms with Crippen LogP contribution in [-0.4, -0.2) is 34.7 Å². The lowest BCUT2D eigenvalue weighted by Crippen LogP contribution is -2.41. The molecule has 0 spiro atoms. The van der Waals surface area contributed by atoms with Crippen LogP contribution in [0.15, 0.2) is 36.7 Å². The number of nitrogens with one attached hydrogen (secondary N) is 2. The van der Waals surface area contributed by atoms with E-state index < -0.39 is 0 Å². The summed E-state index contributed by atoms with van der Waals surface area (Å²) in [7, 11) is 1.57. The minimum Gasteiger partial charge on any atom is -0.368 e. The van der Waals surface area contributed by atoms with Gasteiger partial charge >= 0.3 is 0 Å². The summed E-state index contributed by atoms with van der Waals surface area (Å²) < 4.78 is 0. The van der Waals surface area contributed by atoms with Gasteiger partial charge in [-0.3, -0.25) is 9.78 Å². The summed E-state index contributed by atoms with van der Waals surface area (Å²) in [6.07, 6.45) is 7.24. The highest BCUT2D eigenvalue weighted by molar-refractivity contribution is 5.91. The Bertz CT molecular complexity index is 637. The van der Waals surface area contributed by atoms with Crippen LogP contribution in [0.3, 0.4) is 0 Å². The molecule has 2 N–H and O–H groups in total. The summed E-state index contributed by atoms with van der Waals surface area (Å²) in [6.45, 7) is 0.811. The molecule has 2 aromatic heterocycles. The van der Waals surface area contributed by atoms with E-state index in [0.717, 1.165) is 19.4 Å². The first-order valence-corrected chi connectivity index (χ1v) is 7.44. The molecule has 0 bridgehead atoms. The molecule has 1 saturated carbocycles. The van der Waals surface area contributed by atoms with Crippen LogP contribution < -0.4 is 10.6 Å². The van der Waals surface area contributed by atoms with Crippen molar-refractivity contribution in [1.29, 1.82) is 0 Å². The molecular formula is C16H19N5O. The fraction of sp³-hybridized carbons (Fsp3) is 0.375. The smallest absolute Gasteiger partial charge is 0.271 e. The number of hydrogen-bond donors (Lipinski definition) is 2. The van der Waals surface area contributed by atoms with Crippen molar-refractivity contribution in [2.24, 2.45) is 0 Å². The second-order valence-electron chi connectivity index (χ2n) is 5.61. The average molecular weight is 297 g/mol. The van der Waals surface area contributed by atoms with Crippen molar-refractivity contribution in [2.45, 2.75) is 24.7 Å². The Balaban J connectivity index is 1.68. The first-order valence-electron chi connectivity index (χ1n) is 7.44. The number of carbonyl (C=O) groups is 1. The van der Waals surface area contributed by atoms with Crippen LogP contribution in [0.5, 0.6) is 0 Å². The lowest BCUT2D eigenvalue weighted by atomic mass is 9.64. The molecule has 1 fully saturated rings. The second-order valence-corrected chi connectivity index (χ2v) is 5.61. The zero-order valence-corrected chi connectivity index (χ0v) is 12.5. The molecular weight excluding hydrogens is 278 g/mol. The molecule has 0 unspecified atom stereocenters. The van der Waals surface area contributed by atoms with Crippen LogP contribution in [-0.2, 0) is 5.41 Å². The maximum atomic E-state index is 11.4. The Kier molecular flexibility index (Phi) is 4.00. The first kappa shape index (κ1) is 14.4. The Morgan fingerprint density at radius 3 is 2.50 bits per heavy atom. The van der Waals surface area contributed by atoms with Crippen molar-refractivity contribution >= 4 is 11.7 Å². The number of nitrogens with zero attached hydrogens (tertiary/aromatic N) is 3. The van der Waals surface area contributed by atoms with Crippen molar-refractivity contribution in [2.75, 3.05) is 18.9 Å². The molecule has 2 heterocycles. The molecule has 0 aromatic carbocycles. The zero-order chi connectivity index (χ0) is 15.4. The van der Waals surface area contributed by atoms with E-state index in [1.54, 1.807) is 19.2 Å². The molecule has 0 atom stereocenters. The Hall–Kier alpha value is -2.50. The minimum atomic E-state index is -0.230. The topological polar surface area (TPSA) is 79.8 Å². The predicted octanol–water partition coefficient (Wildman–Crippen LogP) is 1.77. The van der Waals surface area contributed by atoms with Gasteiger partial charge in [0.1, 0.15) is 5.82 Å². The highest BCUT2D eigenvalue weighted by Gasteiger charge is 2.38. The van der Waals surface area contributed by atoms with E-state index in [1.165, 1.54) is 12.0 Å². The van der Waals surface area contributed by atoms with Gasteiger partial charge in [-0.25, -0.2) is 0 Å². The van der Waals surface area contributed by atoms with E-state index >= 15 is 0 Å². The standard InChI is InChI=1S/C16H19N5O/c1-17-15(22)13-3-4-14(21-20-13)19-11-16(7-2-8-16)12-5-9-18-10-6-12/h3-6,9-10H,2,7-8,11H2,1H3,(H,17,22)(H,19,21). The van der Waals surface area contributed by atoms with Crippen LogP contribution in [0.1, 0.15) is 35.3 Å². The largest absolute Gasteiger partial charge is 0.368 e. The van der Waals surface area contributed by atoms with Crippen molar-refractivity contribution in [3.8, 4) is 0 Å². The number of aromatic nitrogens is 3. The number of rotatable bonds is 5. The molecule has 3 rings (SSSR count). The summed E-state index contributed by atoms with van der Waals surface area (Å²) >= 11 is 0. The van der Waals surface area contributed by atoms with Crippen molar-refractivity contribution < 1.29 is 4.79 Å². The molecule has 1 amide bonds. The number of hydrogen-bond acceptors (Lipinski definition) is 5. The van der Waals surface area contributed by atoms with Crippen molar-refractivity contribution in [1.82, 2.24) is 20.5 Å². The normalized spacial score (nSPS) is 15.7.